The fraction of sp³-hybridized carbons (Fsp3) is 0.733. The Bertz CT molecular complexity index is 498. The number of aryl methyl sites for hydroxylation is 1. The van der Waals surface area contributed by atoms with Crippen LogP contribution in [0, 0.1) is 5.92 Å². The molecule has 6 heteroatoms. The van der Waals surface area contributed by atoms with Crippen molar-refractivity contribution < 1.29 is 9.53 Å². The minimum absolute atomic E-state index is 0.281. The summed E-state index contributed by atoms with van der Waals surface area (Å²) in [7, 11) is 6.12. The standard InChI is InChI=1S/C15H26N4O2/c1-6-21-15(20)12-7-16-18(5)14(12)10-19-8-11(2)13(9-19)17(3)4/h7,11,13H,6,8-10H2,1-5H3. The Labute approximate surface area is 126 Å². The molecule has 1 aliphatic heterocycles. The Balaban J connectivity index is 2.10. The highest BCUT2D eigenvalue weighted by molar-refractivity contribution is 5.90. The van der Waals surface area contributed by atoms with Gasteiger partial charge in [0.25, 0.3) is 0 Å². The zero-order valence-electron chi connectivity index (χ0n) is 13.7. The van der Waals surface area contributed by atoms with Gasteiger partial charge in [0, 0.05) is 32.7 Å². The van der Waals surface area contributed by atoms with Crippen LogP contribution in [-0.4, -0.2) is 65.4 Å². The van der Waals surface area contributed by atoms with Crippen molar-refractivity contribution in [3.05, 3.63) is 17.5 Å². The minimum atomic E-state index is -0.281. The van der Waals surface area contributed by atoms with Gasteiger partial charge in [0.1, 0.15) is 5.56 Å². The Morgan fingerprint density at radius 2 is 2.19 bits per heavy atom. The van der Waals surface area contributed by atoms with Crippen molar-refractivity contribution in [2.24, 2.45) is 13.0 Å². The van der Waals surface area contributed by atoms with E-state index in [0.29, 0.717) is 24.1 Å². The molecular weight excluding hydrogens is 268 g/mol. The molecule has 1 saturated heterocycles. The molecule has 0 aromatic carbocycles. The molecule has 0 N–H and O–H groups in total. The minimum Gasteiger partial charge on any atom is -0.462 e. The molecule has 0 saturated carbocycles. The van der Waals surface area contributed by atoms with E-state index in [1.807, 2.05) is 14.0 Å². The molecule has 1 aliphatic rings. The molecule has 0 radical (unpaired) electrons. The monoisotopic (exact) mass is 294 g/mol. The number of hydrogen-bond donors (Lipinski definition) is 0. The van der Waals surface area contributed by atoms with Gasteiger partial charge in [0.15, 0.2) is 0 Å². The van der Waals surface area contributed by atoms with Crippen molar-refractivity contribution in [1.82, 2.24) is 19.6 Å². The first kappa shape index (κ1) is 16.0. The van der Waals surface area contributed by atoms with E-state index in [-0.39, 0.29) is 5.97 Å². The number of ether oxygens (including phenoxy) is 1. The van der Waals surface area contributed by atoms with Gasteiger partial charge in [-0.15, -0.1) is 0 Å². The van der Waals surface area contributed by atoms with E-state index in [1.54, 1.807) is 10.9 Å². The molecular formula is C15H26N4O2. The molecule has 1 aromatic rings. The maximum absolute atomic E-state index is 12.0. The van der Waals surface area contributed by atoms with E-state index in [0.717, 1.165) is 25.3 Å². The molecule has 0 aliphatic carbocycles. The van der Waals surface area contributed by atoms with Gasteiger partial charge in [-0.1, -0.05) is 6.92 Å². The van der Waals surface area contributed by atoms with Crippen LogP contribution in [0.15, 0.2) is 6.20 Å². The van der Waals surface area contributed by atoms with Crippen LogP contribution in [0.5, 0.6) is 0 Å². The highest BCUT2D eigenvalue weighted by Gasteiger charge is 2.32. The van der Waals surface area contributed by atoms with Crippen LogP contribution in [0.2, 0.25) is 0 Å². The summed E-state index contributed by atoms with van der Waals surface area (Å²) in [5.74, 6) is 0.344. The van der Waals surface area contributed by atoms with Gasteiger partial charge in [-0.05, 0) is 26.9 Å². The average molecular weight is 294 g/mol. The van der Waals surface area contributed by atoms with Crippen LogP contribution < -0.4 is 0 Å². The van der Waals surface area contributed by atoms with Crippen LogP contribution >= 0.6 is 0 Å². The third kappa shape index (κ3) is 3.44. The van der Waals surface area contributed by atoms with Gasteiger partial charge in [-0.25, -0.2) is 4.79 Å². The summed E-state index contributed by atoms with van der Waals surface area (Å²) in [5, 5.41) is 4.21. The lowest BCUT2D eigenvalue weighted by atomic mass is 10.1. The third-order valence-electron chi connectivity index (χ3n) is 4.24. The van der Waals surface area contributed by atoms with E-state index in [2.05, 4.69) is 35.9 Å². The number of aromatic nitrogens is 2. The van der Waals surface area contributed by atoms with Crippen LogP contribution in [0.3, 0.4) is 0 Å². The zero-order valence-corrected chi connectivity index (χ0v) is 13.7. The predicted octanol–water partition coefficient (Wildman–Crippen LogP) is 0.979. The molecule has 2 rings (SSSR count). The molecule has 6 nitrogen and oxygen atoms in total. The maximum Gasteiger partial charge on any atom is 0.341 e. The van der Waals surface area contributed by atoms with Crippen molar-refractivity contribution in [3.63, 3.8) is 0 Å². The lowest BCUT2D eigenvalue weighted by Gasteiger charge is -2.22. The predicted molar refractivity (Wildman–Crippen MR) is 81.1 cm³/mol. The second kappa shape index (κ2) is 6.58. The van der Waals surface area contributed by atoms with E-state index in [4.69, 9.17) is 4.74 Å². The molecule has 1 fully saturated rings. The summed E-state index contributed by atoms with van der Waals surface area (Å²) in [6.07, 6.45) is 1.61. The van der Waals surface area contributed by atoms with E-state index in [9.17, 15) is 4.79 Å². The molecule has 21 heavy (non-hydrogen) atoms. The smallest absolute Gasteiger partial charge is 0.341 e. The third-order valence-corrected chi connectivity index (χ3v) is 4.24. The van der Waals surface area contributed by atoms with E-state index >= 15 is 0 Å². The molecule has 2 unspecified atom stereocenters. The summed E-state index contributed by atoms with van der Waals surface area (Å²) in [4.78, 5) is 16.6. The number of rotatable bonds is 5. The van der Waals surface area contributed by atoms with E-state index < -0.39 is 0 Å². The van der Waals surface area contributed by atoms with Crippen LogP contribution in [0.1, 0.15) is 29.9 Å². The van der Waals surface area contributed by atoms with Gasteiger partial charge >= 0.3 is 5.97 Å². The SMILES string of the molecule is CCOC(=O)c1cnn(C)c1CN1CC(C)C(N(C)C)C1. The van der Waals surface area contributed by atoms with Crippen LogP contribution in [-0.2, 0) is 18.3 Å². The number of likely N-dealkylation sites (N-methyl/N-ethyl adjacent to an activating group) is 1. The van der Waals surface area contributed by atoms with Gasteiger partial charge in [0.2, 0.25) is 0 Å². The van der Waals surface area contributed by atoms with Crippen molar-refractivity contribution in [1.29, 1.82) is 0 Å². The van der Waals surface area contributed by atoms with Crippen molar-refractivity contribution in [3.8, 4) is 0 Å². The van der Waals surface area contributed by atoms with Crippen molar-refractivity contribution in [2.75, 3.05) is 33.8 Å². The fourth-order valence-corrected chi connectivity index (χ4v) is 3.09. The van der Waals surface area contributed by atoms with Crippen molar-refractivity contribution in [2.45, 2.75) is 26.4 Å². The Morgan fingerprint density at radius 3 is 2.76 bits per heavy atom. The highest BCUT2D eigenvalue weighted by Crippen LogP contribution is 2.23. The Morgan fingerprint density at radius 1 is 1.48 bits per heavy atom. The normalized spacial score (nSPS) is 23.0. The summed E-state index contributed by atoms with van der Waals surface area (Å²) in [6, 6.07) is 0.560. The number of carbonyl (C=O) groups excluding carboxylic acids is 1. The second-order valence-corrected chi connectivity index (χ2v) is 6.05. The molecule has 118 valence electrons. The molecule has 0 bridgehead atoms. The molecule has 0 amide bonds. The zero-order chi connectivity index (χ0) is 15.6. The Kier molecular flexibility index (Phi) is 5.00. The lowest BCUT2D eigenvalue weighted by molar-refractivity contribution is 0.0523. The number of hydrogen-bond acceptors (Lipinski definition) is 5. The van der Waals surface area contributed by atoms with E-state index in [1.165, 1.54) is 0 Å². The summed E-state index contributed by atoms with van der Waals surface area (Å²) < 4.78 is 6.89. The van der Waals surface area contributed by atoms with Gasteiger partial charge < -0.3 is 9.64 Å². The van der Waals surface area contributed by atoms with Crippen LogP contribution in [0.4, 0.5) is 0 Å². The maximum atomic E-state index is 12.0. The van der Waals surface area contributed by atoms with Gasteiger partial charge in [0.05, 0.1) is 18.5 Å². The van der Waals surface area contributed by atoms with Crippen LogP contribution in [0.25, 0.3) is 0 Å². The second-order valence-electron chi connectivity index (χ2n) is 6.05. The topological polar surface area (TPSA) is 50.6 Å². The molecule has 2 atom stereocenters. The largest absolute Gasteiger partial charge is 0.462 e. The number of esters is 1. The van der Waals surface area contributed by atoms with Crippen molar-refractivity contribution >= 4 is 5.97 Å². The first-order valence-corrected chi connectivity index (χ1v) is 7.50. The average Bonchev–Trinajstić information content (AvgIpc) is 2.95. The highest BCUT2D eigenvalue weighted by atomic mass is 16.5. The number of nitrogens with zero attached hydrogens (tertiary/aromatic N) is 4. The fourth-order valence-electron chi connectivity index (χ4n) is 3.09. The summed E-state index contributed by atoms with van der Waals surface area (Å²) in [5.41, 5.74) is 1.51. The summed E-state index contributed by atoms with van der Waals surface area (Å²) in [6.45, 7) is 7.27. The van der Waals surface area contributed by atoms with Gasteiger partial charge in [-0.3, -0.25) is 9.58 Å². The summed E-state index contributed by atoms with van der Waals surface area (Å²) >= 11 is 0. The van der Waals surface area contributed by atoms with Gasteiger partial charge in [-0.2, -0.15) is 5.10 Å². The molecule has 1 aromatic heterocycles. The number of carbonyl (C=O) groups is 1. The molecule has 2 heterocycles. The first-order valence-electron chi connectivity index (χ1n) is 7.50. The number of likely N-dealkylation sites (tertiary alicyclic amines) is 1. The molecule has 0 spiro atoms. The quantitative estimate of drug-likeness (QED) is 0.758. The first-order chi connectivity index (χ1) is 9.93. The lowest BCUT2D eigenvalue weighted by Crippen LogP contribution is -2.34. The Hall–Kier alpha value is -1.40.